The van der Waals surface area contributed by atoms with Crippen LogP contribution < -0.4 is 26.2 Å². The first kappa shape index (κ1) is 57.6. The second kappa shape index (κ2) is 20.2. The number of para-hydroxylation sites is 1. The molecule has 0 N–H and O–H groups in total. The van der Waals surface area contributed by atoms with Crippen LogP contribution in [0.1, 0.15) is 149 Å². The zero-order valence-corrected chi connectivity index (χ0v) is 54.9. The van der Waals surface area contributed by atoms with Crippen molar-refractivity contribution in [1.82, 2.24) is 4.57 Å². The maximum absolute atomic E-state index is 4.80. The number of fused-ring (bicyclic) bond motifs is 9. The van der Waals surface area contributed by atoms with Crippen LogP contribution in [-0.4, -0.2) is 11.3 Å². The van der Waals surface area contributed by atoms with Crippen LogP contribution in [0, 0.1) is 27.7 Å². The number of allylic oxidation sites excluding steroid dienone is 5. The molecule has 0 atom stereocenters. The SMILES string of the molecule is C=C/C(=C1\C(=C)C(C)(C)c2ccccc21)c1cc(C)c(N2c3cc4c(cc3B3c5ccc(C(C)(C)C)cc5N(c5c(C)cc(-c6cccc7c6-c6ccccc6C7(C)C)cc5C)c5cc(C(C)(C)C)cc2c53)c(/C=C\C)c(C=C)n4-c2ccccc2)c(C)c1. The van der Waals surface area contributed by atoms with Crippen LogP contribution in [0.2, 0.25) is 0 Å². The molecule has 0 spiro atoms. The largest absolute Gasteiger partial charge is 0.311 e. The van der Waals surface area contributed by atoms with Crippen LogP contribution in [0.15, 0.2) is 201 Å². The summed E-state index contributed by atoms with van der Waals surface area (Å²) >= 11 is 0. The molecule has 89 heavy (non-hydrogen) atoms. The first-order valence-electron chi connectivity index (χ1n) is 32.0. The lowest BCUT2D eigenvalue weighted by molar-refractivity contribution is 0.590. The molecule has 4 heteroatoms. The van der Waals surface area contributed by atoms with Crippen LogP contribution in [-0.2, 0) is 21.7 Å². The Labute approximate surface area is 529 Å². The fourth-order valence-corrected chi connectivity index (χ4v) is 16.1. The number of nitrogens with zero attached hydrogens (tertiary/aromatic N) is 3. The van der Waals surface area contributed by atoms with Gasteiger partial charge in [0, 0.05) is 50.2 Å². The third kappa shape index (κ3) is 8.45. The number of hydrogen-bond donors (Lipinski definition) is 0. The van der Waals surface area contributed by atoms with Gasteiger partial charge in [-0.05, 0) is 229 Å². The summed E-state index contributed by atoms with van der Waals surface area (Å²) in [5.74, 6) is 0. The summed E-state index contributed by atoms with van der Waals surface area (Å²) in [7, 11) is 0. The summed E-state index contributed by atoms with van der Waals surface area (Å²) in [6.07, 6.45) is 8.56. The lowest BCUT2D eigenvalue weighted by atomic mass is 9.33. The number of anilines is 6. The van der Waals surface area contributed by atoms with Crippen LogP contribution in [0.25, 0.3) is 62.1 Å². The summed E-state index contributed by atoms with van der Waals surface area (Å²) in [4.78, 5) is 5.35. The van der Waals surface area contributed by atoms with E-state index in [2.05, 4.69) is 313 Å². The van der Waals surface area contributed by atoms with Gasteiger partial charge in [-0.25, -0.2) is 0 Å². The van der Waals surface area contributed by atoms with Crippen molar-refractivity contribution in [3.05, 3.63) is 274 Å². The zero-order chi connectivity index (χ0) is 62.7. The van der Waals surface area contributed by atoms with Crippen molar-refractivity contribution in [2.45, 2.75) is 126 Å². The van der Waals surface area contributed by atoms with Crippen LogP contribution in [0.4, 0.5) is 34.1 Å². The molecule has 440 valence electrons. The van der Waals surface area contributed by atoms with E-state index in [1.807, 2.05) is 6.08 Å². The Hall–Kier alpha value is -9.12. The van der Waals surface area contributed by atoms with Gasteiger partial charge in [-0.1, -0.05) is 210 Å². The number of aryl methyl sites for hydroxylation is 4. The van der Waals surface area contributed by atoms with Crippen molar-refractivity contribution in [2.24, 2.45) is 0 Å². The molecule has 1 aromatic heterocycles. The van der Waals surface area contributed by atoms with Gasteiger partial charge in [-0.15, -0.1) is 0 Å². The molecule has 2 aliphatic heterocycles. The minimum Gasteiger partial charge on any atom is -0.311 e. The lowest BCUT2D eigenvalue weighted by Crippen LogP contribution is -2.61. The number of aromatic nitrogens is 1. The first-order valence-corrected chi connectivity index (χ1v) is 32.0. The number of benzene rings is 9. The molecule has 4 aliphatic rings. The van der Waals surface area contributed by atoms with E-state index in [-0.39, 0.29) is 28.4 Å². The summed E-state index contributed by atoms with van der Waals surface area (Å²) in [5, 5.41) is 1.19. The average Bonchev–Trinajstić information content (AvgIpc) is 1.43. The molecule has 14 rings (SSSR count). The van der Waals surface area contributed by atoms with Crippen molar-refractivity contribution in [3.8, 4) is 27.9 Å². The molecular formula is C85H82BN3. The van der Waals surface area contributed by atoms with Crippen molar-refractivity contribution >= 4 is 91.4 Å². The normalized spacial score (nSPS) is 15.7. The highest BCUT2D eigenvalue weighted by Gasteiger charge is 2.47. The van der Waals surface area contributed by atoms with Gasteiger partial charge >= 0.3 is 0 Å². The predicted molar refractivity (Wildman–Crippen MR) is 387 cm³/mol. The van der Waals surface area contributed by atoms with E-state index >= 15 is 0 Å². The van der Waals surface area contributed by atoms with E-state index in [4.69, 9.17) is 6.58 Å². The van der Waals surface area contributed by atoms with E-state index in [0.29, 0.717) is 0 Å². The second-order valence-corrected chi connectivity index (χ2v) is 28.9. The highest BCUT2D eigenvalue weighted by Crippen LogP contribution is 2.56. The molecule has 0 radical (unpaired) electrons. The molecule has 10 aromatic rings. The number of hydrogen-bond acceptors (Lipinski definition) is 2. The molecule has 3 heterocycles. The first-order chi connectivity index (χ1) is 42.4. The number of rotatable bonds is 8. The van der Waals surface area contributed by atoms with Crippen LogP contribution in [0.3, 0.4) is 0 Å². The fraction of sp³-hybridized carbons (Fsp3) is 0.224. The maximum atomic E-state index is 4.80. The topological polar surface area (TPSA) is 11.4 Å². The molecule has 3 nitrogen and oxygen atoms in total. The van der Waals surface area contributed by atoms with Gasteiger partial charge in [0.2, 0.25) is 0 Å². The Morgan fingerprint density at radius 1 is 0.528 bits per heavy atom. The van der Waals surface area contributed by atoms with Crippen molar-refractivity contribution < 1.29 is 0 Å². The molecule has 9 aromatic carbocycles. The van der Waals surface area contributed by atoms with Crippen molar-refractivity contribution in [1.29, 1.82) is 0 Å². The Kier molecular flexibility index (Phi) is 13.1. The molecule has 0 amide bonds. The Bertz CT molecular complexity index is 4750. The van der Waals surface area contributed by atoms with Gasteiger partial charge in [-0.3, -0.25) is 0 Å². The molecule has 0 fully saturated rings. The molecule has 0 saturated carbocycles. The predicted octanol–water partition coefficient (Wildman–Crippen LogP) is 21.1. The van der Waals surface area contributed by atoms with E-state index in [0.717, 1.165) is 39.2 Å². The smallest absolute Gasteiger partial charge is 0.252 e. The molecule has 0 bridgehead atoms. The van der Waals surface area contributed by atoms with Crippen molar-refractivity contribution in [3.63, 3.8) is 0 Å². The van der Waals surface area contributed by atoms with Gasteiger partial charge in [0.25, 0.3) is 6.71 Å². The molecule has 2 aliphatic carbocycles. The van der Waals surface area contributed by atoms with Crippen LogP contribution >= 0.6 is 0 Å². The highest BCUT2D eigenvalue weighted by atomic mass is 15.2. The van der Waals surface area contributed by atoms with Gasteiger partial charge < -0.3 is 14.4 Å². The quantitative estimate of drug-likeness (QED) is 0.141. The highest BCUT2D eigenvalue weighted by molar-refractivity contribution is 7.00. The molecule has 0 saturated heterocycles. The maximum Gasteiger partial charge on any atom is 0.252 e. The third-order valence-electron chi connectivity index (χ3n) is 20.6. The summed E-state index contributed by atoms with van der Waals surface area (Å²) in [6, 6.07) is 63.0. The summed E-state index contributed by atoms with van der Waals surface area (Å²) in [6.45, 7) is 48.7. The van der Waals surface area contributed by atoms with Gasteiger partial charge in [-0.2, -0.15) is 0 Å². The molecular weight excluding hydrogens is 1070 g/mol. The van der Waals surface area contributed by atoms with Gasteiger partial charge in [0.05, 0.1) is 22.6 Å². The standard InChI is InChI=1S/C85H82BN3/c1-19-30-62-65-48-70-74(49-72(65)87(71(62)21-3)59-31-23-22-24-32-59)89(81-50(4)41-55(42-51(81)5)60(20-2)77-54(8)84(15,16)66-36-27-25-33-63(66)77)76-47-58(83(12,13)14)46-75-79(76)86(70)69-40-39-57(82(9,10)11)45-73(69)88(75)80-52(6)43-56(44-53(80)7)61-35-29-38-68-78(61)64-34-26-28-37-67(64)85(68,17)18/h19-49H,2-3,8H2,1,4-7,9-18H3/b30-19-,77-60-. The average molecular weight is 1160 g/mol. The van der Waals surface area contributed by atoms with E-state index in [1.165, 1.54) is 139 Å². The minimum absolute atomic E-state index is 0.102. The molecule has 0 unspecified atom stereocenters. The van der Waals surface area contributed by atoms with Gasteiger partial charge in [0.1, 0.15) is 0 Å². The fourth-order valence-electron chi connectivity index (χ4n) is 16.1. The van der Waals surface area contributed by atoms with Crippen LogP contribution in [0.5, 0.6) is 0 Å². The Morgan fingerprint density at radius 3 is 1.66 bits per heavy atom. The Balaban J connectivity index is 1.08. The summed E-state index contributed by atoms with van der Waals surface area (Å²) < 4.78 is 2.42. The zero-order valence-electron chi connectivity index (χ0n) is 54.9. The van der Waals surface area contributed by atoms with Gasteiger partial charge in [0.15, 0.2) is 0 Å². The van der Waals surface area contributed by atoms with Crippen molar-refractivity contribution in [2.75, 3.05) is 9.80 Å². The van der Waals surface area contributed by atoms with E-state index in [9.17, 15) is 0 Å². The summed E-state index contributed by atoms with van der Waals surface area (Å²) in [5.41, 5.74) is 37.4. The van der Waals surface area contributed by atoms with E-state index < -0.39 is 0 Å². The lowest BCUT2D eigenvalue weighted by Gasteiger charge is -2.46. The Morgan fingerprint density at radius 2 is 1.07 bits per heavy atom. The third-order valence-corrected chi connectivity index (χ3v) is 20.6. The second-order valence-electron chi connectivity index (χ2n) is 28.9. The minimum atomic E-state index is -0.225. The monoisotopic (exact) mass is 1160 g/mol. The van der Waals surface area contributed by atoms with E-state index in [1.54, 1.807) is 0 Å².